The summed E-state index contributed by atoms with van der Waals surface area (Å²) in [6.07, 6.45) is 3.65. The summed E-state index contributed by atoms with van der Waals surface area (Å²) in [5, 5.41) is 11.4. The van der Waals surface area contributed by atoms with Crippen LogP contribution in [0.25, 0.3) is 0 Å². The van der Waals surface area contributed by atoms with Crippen molar-refractivity contribution in [2.45, 2.75) is 26.2 Å². The summed E-state index contributed by atoms with van der Waals surface area (Å²) in [5.74, 6) is -0.361. The number of carbonyl (C=O) groups is 2. The zero-order valence-corrected chi connectivity index (χ0v) is 10.2. The number of rotatable bonds is 5. The average Bonchev–Trinajstić information content (AvgIpc) is 3.14. The third-order valence-electron chi connectivity index (χ3n) is 3.17. The van der Waals surface area contributed by atoms with Crippen LogP contribution in [0.15, 0.2) is 18.3 Å². The molecule has 0 aliphatic heterocycles. The van der Waals surface area contributed by atoms with Gasteiger partial charge in [-0.05, 0) is 30.9 Å². The molecule has 1 atom stereocenters. The molecule has 2 N–H and O–H groups in total. The number of carboxylic acid groups (broad SMARTS) is 1. The summed E-state index contributed by atoms with van der Waals surface area (Å²) in [5.41, 5.74) is 1.09. The highest BCUT2D eigenvalue weighted by Crippen LogP contribution is 2.36. The number of aromatic nitrogens is 1. The van der Waals surface area contributed by atoms with E-state index in [0.717, 1.165) is 12.8 Å². The van der Waals surface area contributed by atoms with Crippen LogP contribution in [0.1, 0.15) is 25.5 Å². The molecular formula is C13H16N2O3. The van der Waals surface area contributed by atoms with Crippen molar-refractivity contribution >= 4 is 17.6 Å². The van der Waals surface area contributed by atoms with E-state index in [9.17, 15) is 9.59 Å². The summed E-state index contributed by atoms with van der Waals surface area (Å²) in [4.78, 5) is 26.3. The number of carboxylic acids is 1. The number of amides is 1. The van der Waals surface area contributed by atoms with Gasteiger partial charge in [0.15, 0.2) is 0 Å². The number of anilines is 1. The minimum Gasteiger partial charge on any atom is -0.481 e. The van der Waals surface area contributed by atoms with E-state index >= 15 is 0 Å². The van der Waals surface area contributed by atoms with Gasteiger partial charge in [0, 0.05) is 5.92 Å². The van der Waals surface area contributed by atoms with Gasteiger partial charge in [0.2, 0.25) is 5.91 Å². The molecular weight excluding hydrogens is 232 g/mol. The first kappa shape index (κ1) is 12.5. The van der Waals surface area contributed by atoms with E-state index in [1.807, 2.05) is 6.92 Å². The second-order valence-corrected chi connectivity index (χ2v) is 4.72. The van der Waals surface area contributed by atoms with Gasteiger partial charge in [0.05, 0.1) is 24.0 Å². The second-order valence-electron chi connectivity index (χ2n) is 4.72. The van der Waals surface area contributed by atoms with Crippen LogP contribution in [0.4, 0.5) is 5.69 Å². The largest absolute Gasteiger partial charge is 0.481 e. The standard InChI is InChI=1S/C13H16N2O3/c1-8(9-2-3-9)13(18)15-11-5-4-10(14-7-11)6-12(16)17/h4-5,7-9H,2-3,6H2,1H3,(H,15,18)(H,16,17). The number of aliphatic carboxylic acids is 1. The predicted octanol–water partition coefficient (Wildman–Crippen LogP) is 1.69. The van der Waals surface area contributed by atoms with E-state index in [1.165, 1.54) is 6.20 Å². The first-order valence-corrected chi connectivity index (χ1v) is 6.04. The zero-order valence-electron chi connectivity index (χ0n) is 10.2. The Hall–Kier alpha value is -1.91. The summed E-state index contributed by atoms with van der Waals surface area (Å²) in [6.45, 7) is 1.93. The fourth-order valence-electron chi connectivity index (χ4n) is 1.82. The molecule has 96 valence electrons. The lowest BCUT2D eigenvalue weighted by atomic mass is 10.1. The molecule has 1 unspecified atom stereocenters. The highest BCUT2D eigenvalue weighted by Gasteiger charge is 2.32. The molecule has 0 bridgehead atoms. The third kappa shape index (κ3) is 3.29. The molecule has 0 aromatic carbocycles. The fraction of sp³-hybridized carbons (Fsp3) is 0.462. The zero-order chi connectivity index (χ0) is 13.1. The minimum absolute atomic E-state index is 0.00489. The SMILES string of the molecule is CC(C(=O)Nc1ccc(CC(=O)O)nc1)C1CC1. The second kappa shape index (κ2) is 5.16. The van der Waals surface area contributed by atoms with Gasteiger partial charge in [0.1, 0.15) is 0 Å². The van der Waals surface area contributed by atoms with Crippen molar-refractivity contribution in [1.29, 1.82) is 0 Å². The van der Waals surface area contributed by atoms with E-state index in [0.29, 0.717) is 17.3 Å². The van der Waals surface area contributed by atoms with Crippen molar-refractivity contribution < 1.29 is 14.7 Å². The predicted molar refractivity (Wildman–Crippen MR) is 66.1 cm³/mol. The van der Waals surface area contributed by atoms with Crippen LogP contribution < -0.4 is 5.32 Å². The smallest absolute Gasteiger partial charge is 0.309 e. The molecule has 1 amide bonds. The fourth-order valence-corrected chi connectivity index (χ4v) is 1.82. The molecule has 1 aliphatic carbocycles. The van der Waals surface area contributed by atoms with Crippen molar-refractivity contribution in [1.82, 2.24) is 4.98 Å². The molecule has 0 radical (unpaired) electrons. The van der Waals surface area contributed by atoms with E-state index in [4.69, 9.17) is 5.11 Å². The van der Waals surface area contributed by atoms with E-state index < -0.39 is 5.97 Å². The van der Waals surface area contributed by atoms with E-state index in [-0.39, 0.29) is 18.2 Å². The average molecular weight is 248 g/mol. The van der Waals surface area contributed by atoms with Gasteiger partial charge in [0.25, 0.3) is 0 Å². The van der Waals surface area contributed by atoms with Crippen LogP contribution in [0, 0.1) is 11.8 Å². The molecule has 1 fully saturated rings. The van der Waals surface area contributed by atoms with Gasteiger partial charge < -0.3 is 10.4 Å². The van der Waals surface area contributed by atoms with Crippen LogP contribution in [-0.2, 0) is 16.0 Å². The summed E-state index contributed by atoms with van der Waals surface area (Å²) in [6, 6.07) is 3.30. The molecule has 0 spiro atoms. The number of nitrogens with zero attached hydrogens (tertiary/aromatic N) is 1. The van der Waals surface area contributed by atoms with Gasteiger partial charge in [-0.1, -0.05) is 6.92 Å². The van der Waals surface area contributed by atoms with Gasteiger partial charge in [-0.15, -0.1) is 0 Å². The molecule has 1 saturated carbocycles. The molecule has 18 heavy (non-hydrogen) atoms. The summed E-state index contributed by atoms with van der Waals surface area (Å²) in [7, 11) is 0. The lowest BCUT2D eigenvalue weighted by Gasteiger charge is -2.10. The first-order valence-electron chi connectivity index (χ1n) is 6.04. The summed E-state index contributed by atoms with van der Waals surface area (Å²) >= 11 is 0. The van der Waals surface area contributed by atoms with Crippen molar-refractivity contribution in [3.8, 4) is 0 Å². The molecule has 1 aromatic heterocycles. The summed E-state index contributed by atoms with van der Waals surface area (Å²) < 4.78 is 0. The third-order valence-corrected chi connectivity index (χ3v) is 3.17. The Morgan fingerprint density at radius 1 is 1.50 bits per heavy atom. The lowest BCUT2D eigenvalue weighted by molar-refractivity contribution is -0.136. The van der Waals surface area contributed by atoms with E-state index in [2.05, 4.69) is 10.3 Å². The number of carbonyl (C=O) groups excluding carboxylic acids is 1. The van der Waals surface area contributed by atoms with Crippen LogP contribution in [0.3, 0.4) is 0 Å². The molecule has 5 heteroatoms. The van der Waals surface area contributed by atoms with Gasteiger partial charge in [-0.3, -0.25) is 14.6 Å². The Morgan fingerprint density at radius 3 is 2.72 bits per heavy atom. The number of pyridine rings is 1. The maximum atomic E-state index is 11.8. The minimum atomic E-state index is -0.915. The highest BCUT2D eigenvalue weighted by molar-refractivity contribution is 5.92. The van der Waals surface area contributed by atoms with Crippen molar-refractivity contribution in [3.63, 3.8) is 0 Å². The topological polar surface area (TPSA) is 79.3 Å². The number of hydrogen-bond donors (Lipinski definition) is 2. The van der Waals surface area contributed by atoms with Crippen LogP contribution in [-0.4, -0.2) is 22.0 Å². The van der Waals surface area contributed by atoms with Gasteiger partial charge in [-0.25, -0.2) is 0 Å². The molecule has 2 rings (SSSR count). The van der Waals surface area contributed by atoms with Crippen molar-refractivity contribution in [2.24, 2.45) is 11.8 Å². The quantitative estimate of drug-likeness (QED) is 0.831. The molecule has 5 nitrogen and oxygen atoms in total. The Bertz CT molecular complexity index is 452. The maximum absolute atomic E-state index is 11.8. The lowest BCUT2D eigenvalue weighted by Crippen LogP contribution is -2.21. The van der Waals surface area contributed by atoms with Gasteiger partial charge >= 0.3 is 5.97 Å². The molecule has 1 aromatic rings. The van der Waals surface area contributed by atoms with Crippen LogP contribution in [0.5, 0.6) is 0 Å². The normalized spacial score (nSPS) is 16.1. The van der Waals surface area contributed by atoms with Crippen LogP contribution >= 0.6 is 0 Å². The maximum Gasteiger partial charge on any atom is 0.309 e. The van der Waals surface area contributed by atoms with Crippen molar-refractivity contribution in [2.75, 3.05) is 5.32 Å². The highest BCUT2D eigenvalue weighted by atomic mass is 16.4. The first-order chi connectivity index (χ1) is 8.56. The van der Waals surface area contributed by atoms with Crippen LogP contribution in [0.2, 0.25) is 0 Å². The van der Waals surface area contributed by atoms with Gasteiger partial charge in [-0.2, -0.15) is 0 Å². The molecule has 0 saturated heterocycles. The monoisotopic (exact) mass is 248 g/mol. The Morgan fingerprint density at radius 2 is 2.22 bits per heavy atom. The Kier molecular flexibility index (Phi) is 3.60. The molecule has 1 heterocycles. The van der Waals surface area contributed by atoms with Crippen molar-refractivity contribution in [3.05, 3.63) is 24.0 Å². The molecule has 1 aliphatic rings. The number of nitrogens with one attached hydrogen (secondary N) is 1. The Balaban J connectivity index is 1.93. The number of hydrogen-bond acceptors (Lipinski definition) is 3. The van der Waals surface area contributed by atoms with E-state index in [1.54, 1.807) is 12.1 Å². The Labute approximate surface area is 105 Å².